The molecule has 1 aromatic carbocycles. The van der Waals surface area contributed by atoms with Crippen LogP contribution in [0.3, 0.4) is 0 Å². The number of nitrogens with one attached hydrogen (secondary N) is 1. The minimum Gasteiger partial charge on any atom is -0.494 e. The molecule has 1 aromatic rings. The van der Waals surface area contributed by atoms with Gasteiger partial charge in [0, 0.05) is 12.1 Å². The predicted molar refractivity (Wildman–Crippen MR) is 106 cm³/mol. The summed E-state index contributed by atoms with van der Waals surface area (Å²) in [5.74, 6) is 0.389. The van der Waals surface area contributed by atoms with Crippen LogP contribution in [-0.2, 0) is 14.8 Å². The van der Waals surface area contributed by atoms with Crippen LogP contribution in [0.2, 0.25) is 0 Å². The highest BCUT2D eigenvalue weighted by molar-refractivity contribution is 7.89. The van der Waals surface area contributed by atoms with Gasteiger partial charge in [-0.15, -0.1) is 0 Å². The highest BCUT2D eigenvalue weighted by Crippen LogP contribution is 2.28. The van der Waals surface area contributed by atoms with Crippen LogP contribution < -0.4 is 10.1 Å². The molecule has 1 aliphatic carbocycles. The van der Waals surface area contributed by atoms with E-state index in [4.69, 9.17) is 4.74 Å². The van der Waals surface area contributed by atoms with E-state index in [1.807, 2.05) is 20.8 Å². The maximum atomic E-state index is 13.3. The van der Waals surface area contributed by atoms with Gasteiger partial charge in [0.15, 0.2) is 0 Å². The molecule has 0 heterocycles. The summed E-state index contributed by atoms with van der Waals surface area (Å²) in [7, 11) is -3.75. The van der Waals surface area contributed by atoms with E-state index in [0.29, 0.717) is 12.4 Å². The van der Waals surface area contributed by atoms with Gasteiger partial charge in [0.05, 0.1) is 18.0 Å². The molecule has 1 amide bonds. The van der Waals surface area contributed by atoms with Crippen molar-refractivity contribution in [2.24, 2.45) is 0 Å². The number of ether oxygens (including phenoxy) is 1. The first-order valence-electron chi connectivity index (χ1n) is 9.92. The van der Waals surface area contributed by atoms with Crippen LogP contribution in [0.5, 0.6) is 5.75 Å². The van der Waals surface area contributed by atoms with Crippen molar-refractivity contribution < 1.29 is 17.9 Å². The quantitative estimate of drug-likeness (QED) is 0.695. The molecule has 27 heavy (non-hydrogen) atoms. The van der Waals surface area contributed by atoms with Gasteiger partial charge in [-0.25, -0.2) is 8.42 Å². The van der Waals surface area contributed by atoms with Crippen molar-refractivity contribution in [1.29, 1.82) is 0 Å². The molecule has 1 saturated carbocycles. The molecule has 0 aromatic heterocycles. The molecule has 1 fully saturated rings. The Labute approximate surface area is 163 Å². The highest BCUT2D eigenvalue weighted by atomic mass is 32.2. The SMILES string of the molecule is CCOc1ccc(S(=O)(=O)N(CC(=O)N[C@H](C)CC)C2CCCCC2)cc1. The van der Waals surface area contributed by atoms with Gasteiger partial charge >= 0.3 is 0 Å². The van der Waals surface area contributed by atoms with Gasteiger partial charge in [-0.2, -0.15) is 4.31 Å². The number of amides is 1. The number of nitrogens with zero attached hydrogens (tertiary/aromatic N) is 1. The van der Waals surface area contributed by atoms with Gasteiger partial charge in [-0.05, 0) is 57.4 Å². The third-order valence-corrected chi connectivity index (χ3v) is 6.96. The van der Waals surface area contributed by atoms with Crippen LogP contribution in [0.15, 0.2) is 29.2 Å². The van der Waals surface area contributed by atoms with Crippen LogP contribution in [0.25, 0.3) is 0 Å². The van der Waals surface area contributed by atoms with E-state index in [9.17, 15) is 13.2 Å². The summed E-state index contributed by atoms with van der Waals surface area (Å²) in [6.07, 6.45) is 5.51. The molecule has 1 N–H and O–H groups in total. The first-order valence-corrected chi connectivity index (χ1v) is 11.4. The van der Waals surface area contributed by atoms with Crippen molar-refractivity contribution in [1.82, 2.24) is 9.62 Å². The van der Waals surface area contributed by atoms with Crippen molar-refractivity contribution in [2.75, 3.05) is 13.2 Å². The molecule has 0 unspecified atom stereocenters. The lowest BCUT2D eigenvalue weighted by Gasteiger charge is -2.33. The fourth-order valence-corrected chi connectivity index (χ4v) is 4.99. The Morgan fingerprint density at radius 2 is 1.81 bits per heavy atom. The molecular formula is C20H32N2O4S. The fourth-order valence-electron chi connectivity index (χ4n) is 3.35. The maximum absolute atomic E-state index is 13.3. The number of hydrogen-bond acceptors (Lipinski definition) is 4. The van der Waals surface area contributed by atoms with Crippen LogP contribution in [0, 0.1) is 0 Å². The van der Waals surface area contributed by atoms with Crippen LogP contribution in [-0.4, -0.2) is 43.9 Å². The van der Waals surface area contributed by atoms with Gasteiger partial charge in [0.2, 0.25) is 15.9 Å². The summed E-state index contributed by atoms with van der Waals surface area (Å²) in [5.41, 5.74) is 0. The maximum Gasteiger partial charge on any atom is 0.243 e. The lowest BCUT2D eigenvalue weighted by Crippen LogP contribution is -2.48. The van der Waals surface area contributed by atoms with Crippen molar-refractivity contribution in [3.8, 4) is 5.75 Å². The van der Waals surface area contributed by atoms with Crippen LogP contribution >= 0.6 is 0 Å². The van der Waals surface area contributed by atoms with Gasteiger partial charge in [0.25, 0.3) is 0 Å². The second-order valence-corrected chi connectivity index (χ2v) is 9.01. The number of rotatable bonds is 9. The van der Waals surface area contributed by atoms with Gasteiger partial charge in [-0.1, -0.05) is 26.2 Å². The Kier molecular flexibility index (Phi) is 8.10. The van der Waals surface area contributed by atoms with Crippen molar-refractivity contribution >= 4 is 15.9 Å². The largest absolute Gasteiger partial charge is 0.494 e. The zero-order valence-electron chi connectivity index (χ0n) is 16.6. The van der Waals surface area contributed by atoms with E-state index >= 15 is 0 Å². The van der Waals surface area contributed by atoms with Crippen LogP contribution in [0.1, 0.15) is 59.3 Å². The Bertz CT molecular complexity index is 697. The third-order valence-electron chi connectivity index (χ3n) is 5.04. The molecule has 7 heteroatoms. The molecule has 0 aliphatic heterocycles. The molecule has 2 rings (SSSR count). The summed E-state index contributed by atoms with van der Waals surface area (Å²) >= 11 is 0. The molecule has 0 bridgehead atoms. The lowest BCUT2D eigenvalue weighted by atomic mass is 9.95. The second-order valence-electron chi connectivity index (χ2n) is 7.12. The molecule has 1 atom stereocenters. The molecule has 1 aliphatic rings. The van der Waals surface area contributed by atoms with E-state index in [0.717, 1.165) is 38.5 Å². The summed E-state index contributed by atoms with van der Waals surface area (Å²) in [5, 5.41) is 2.88. The zero-order valence-corrected chi connectivity index (χ0v) is 17.4. The smallest absolute Gasteiger partial charge is 0.243 e. The topological polar surface area (TPSA) is 75.7 Å². The Balaban J connectivity index is 2.25. The molecule has 0 saturated heterocycles. The molecular weight excluding hydrogens is 364 g/mol. The van der Waals surface area contributed by atoms with Crippen molar-refractivity contribution in [3.63, 3.8) is 0 Å². The molecule has 6 nitrogen and oxygen atoms in total. The van der Waals surface area contributed by atoms with Crippen molar-refractivity contribution in [2.45, 2.75) is 76.3 Å². The summed E-state index contributed by atoms with van der Waals surface area (Å²) in [6.45, 7) is 6.18. The summed E-state index contributed by atoms with van der Waals surface area (Å²) in [6, 6.07) is 6.34. The summed E-state index contributed by atoms with van der Waals surface area (Å²) in [4.78, 5) is 12.6. The van der Waals surface area contributed by atoms with Gasteiger partial charge in [-0.3, -0.25) is 4.79 Å². The number of sulfonamides is 1. The minimum absolute atomic E-state index is 0.0267. The monoisotopic (exact) mass is 396 g/mol. The number of benzene rings is 1. The van der Waals surface area contributed by atoms with E-state index in [1.54, 1.807) is 24.3 Å². The third kappa shape index (κ3) is 5.94. The highest BCUT2D eigenvalue weighted by Gasteiger charge is 2.34. The average molecular weight is 397 g/mol. The van der Waals surface area contributed by atoms with E-state index < -0.39 is 10.0 Å². The standard InChI is InChI=1S/C20H32N2O4S/c1-4-16(3)21-20(23)15-22(17-9-7-6-8-10-17)27(24,25)19-13-11-18(12-14-19)26-5-2/h11-14,16-17H,4-10,15H2,1-3H3,(H,21,23)/t16-/m1/s1. The van der Waals surface area contributed by atoms with E-state index in [-0.39, 0.29) is 29.4 Å². The first kappa shape index (κ1) is 21.7. The summed E-state index contributed by atoms with van der Waals surface area (Å²) < 4.78 is 33.4. The molecule has 0 spiro atoms. The Morgan fingerprint density at radius 1 is 1.19 bits per heavy atom. The Hall–Kier alpha value is -1.60. The average Bonchev–Trinajstić information content (AvgIpc) is 2.67. The fraction of sp³-hybridized carbons (Fsp3) is 0.650. The van der Waals surface area contributed by atoms with E-state index in [2.05, 4.69) is 5.32 Å². The Morgan fingerprint density at radius 3 is 2.37 bits per heavy atom. The minimum atomic E-state index is -3.75. The lowest BCUT2D eigenvalue weighted by molar-refractivity contribution is -0.122. The predicted octanol–water partition coefficient (Wildman–Crippen LogP) is 3.32. The second kappa shape index (κ2) is 10.1. The zero-order chi connectivity index (χ0) is 19.9. The van der Waals surface area contributed by atoms with Crippen LogP contribution in [0.4, 0.5) is 0 Å². The number of carbonyl (C=O) groups is 1. The van der Waals surface area contributed by atoms with Gasteiger partial charge < -0.3 is 10.1 Å². The van der Waals surface area contributed by atoms with Gasteiger partial charge in [0.1, 0.15) is 5.75 Å². The van der Waals surface area contributed by atoms with Crippen molar-refractivity contribution in [3.05, 3.63) is 24.3 Å². The molecule has 152 valence electrons. The number of carbonyl (C=O) groups excluding carboxylic acids is 1. The number of hydrogen-bond donors (Lipinski definition) is 1. The normalized spacial score (nSPS) is 16.9. The first-order chi connectivity index (χ1) is 12.9. The van der Waals surface area contributed by atoms with E-state index in [1.165, 1.54) is 4.31 Å². The molecule has 0 radical (unpaired) electrons.